The van der Waals surface area contributed by atoms with Crippen LogP contribution >= 0.6 is 18.9 Å². The Hall–Kier alpha value is -0.470. The first-order valence-electron chi connectivity index (χ1n) is 9.65. The number of ether oxygens (including phenoxy) is 1. The van der Waals surface area contributed by atoms with Gasteiger partial charge < -0.3 is 16.3 Å². The van der Waals surface area contributed by atoms with E-state index in [1.165, 1.54) is 76.3 Å². The van der Waals surface area contributed by atoms with Gasteiger partial charge in [0.05, 0.1) is 5.30 Å². The third kappa shape index (κ3) is 4.50. The van der Waals surface area contributed by atoms with E-state index in [2.05, 4.69) is 4.74 Å². The van der Waals surface area contributed by atoms with Crippen molar-refractivity contribution in [1.29, 1.82) is 0 Å². The third-order valence-electron chi connectivity index (χ3n) is 6.04. The zero-order valence-corrected chi connectivity index (χ0v) is 16.6. The Morgan fingerprint density at radius 1 is 0.846 bits per heavy atom. The Bertz CT molecular complexity index is 545. The molecule has 0 spiro atoms. The monoisotopic (exact) mass is 406 g/mol. The van der Waals surface area contributed by atoms with Crippen LogP contribution in [-0.4, -0.2) is 17.7 Å². The molecule has 6 heteroatoms. The van der Waals surface area contributed by atoms with Crippen molar-refractivity contribution in [3.8, 4) is 5.75 Å². The standard InChI is InChI=1S/C20H27ClF3OP/c21-15-26(17-7-3-1-4-8-17,18-9-5-2-6-10-18)19-13-11-16(12-14-19)25-20(22,23)24/h11-15,17-18H,1-10H2. The molecule has 0 aromatic heterocycles. The lowest BCUT2D eigenvalue weighted by Crippen LogP contribution is -2.34. The van der Waals surface area contributed by atoms with Crippen LogP contribution in [0.5, 0.6) is 5.75 Å². The second kappa shape index (κ2) is 8.69. The Labute approximate surface area is 160 Å². The number of hydrogen-bond donors (Lipinski definition) is 0. The molecule has 3 rings (SSSR count). The van der Waals surface area contributed by atoms with E-state index >= 15 is 0 Å². The van der Waals surface area contributed by atoms with Crippen LogP contribution in [0.25, 0.3) is 0 Å². The van der Waals surface area contributed by atoms with E-state index in [0.717, 1.165) is 5.30 Å². The summed E-state index contributed by atoms with van der Waals surface area (Å²) in [5.41, 5.74) is 3.11. The van der Waals surface area contributed by atoms with Gasteiger partial charge in [-0.25, -0.2) is 0 Å². The maximum absolute atomic E-state index is 12.5. The van der Waals surface area contributed by atoms with Gasteiger partial charge in [-0.2, -0.15) is 0 Å². The smallest absolute Gasteiger partial charge is 0.406 e. The summed E-state index contributed by atoms with van der Waals surface area (Å²) in [5, 5.41) is 1.15. The van der Waals surface area contributed by atoms with E-state index in [0.29, 0.717) is 11.3 Å². The molecule has 0 bridgehead atoms. The molecule has 0 atom stereocenters. The summed E-state index contributed by atoms with van der Waals surface area (Å²) in [6.07, 6.45) is 7.60. The molecule has 2 aliphatic rings. The van der Waals surface area contributed by atoms with Crippen LogP contribution in [-0.2, 0) is 0 Å². The number of hydrogen-bond acceptors (Lipinski definition) is 1. The first-order valence-corrected chi connectivity index (χ1v) is 12.1. The van der Waals surface area contributed by atoms with Crippen molar-refractivity contribution in [2.24, 2.45) is 0 Å². The molecule has 0 unspecified atom stereocenters. The molecule has 26 heavy (non-hydrogen) atoms. The van der Waals surface area contributed by atoms with Crippen molar-refractivity contribution in [2.75, 3.05) is 0 Å². The van der Waals surface area contributed by atoms with E-state index in [9.17, 15) is 13.2 Å². The van der Waals surface area contributed by atoms with E-state index in [-0.39, 0.29) is 5.75 Å². The minimum Gasteiger partial charge on any atom is -0.406 e. The highest BCUT2D eigenvalue weighted by atomic mass is 35.5. The second-order valence-electron chi connectivity index (χ2n) is 7.56. The van der Waals surface area contributed by atoms with Gasteiger partial charge in [0.2, 0.25) is 0 Å². The lowest BCUT2D eigenvalue weighted by Gasteiger charge is -2.48. The van der Waals surface area contributed by atoms with Gasteiger partial charge in [-0.3, -0.25) is 0 Å². The Morgan fingerprint density at radius 2 is 1.31 bits per heavy atom. The summed E-state index contributed by atoms with van der Waals surface area (Å²) in [6, 6.07) is 6.61. The van der Waals surface area contributed by atoms with Crippen molar-refractivity contribution in [3.63, 3.8) is 0 Å². The number of rotatable bonds is 5. The van der Waals surface area contributed by atoms with Gasteiger partial charge in [0, 0.05) is 11.3 Å². The summed E-state index contributed by atoms with van der Waals surface area (Å²) < 4.78 is 41.5. The first kappa shape index (κ1) is 20.3. The molecule has 0 heterocycles. The van der Waals surface area contributed by atoms with Gasteiger partial charge in [0.25, 0.3) is 0 Å². The molecule has 0 N–H and O–H groups in total. The predicted molar refractivity (Wildman–Crippen MR) is 104 cm³/mol. The molecule has 0 saturated heterocycles. The Morgan fingerprint density at radius 3 is 1.69 bits per heavy atom. The SMILES string of the molecule is FC(F)(F)Oc1ccc([P+]([CH-]Cl)(C2CCCCC2)C2CCCCC2)cc1. The van der Waals surface area contributed by atoms with Crippen molar-refractivity contribution < 1.29 is 17.9 Å². The van der Waals surface area contributed by atoms with Crippen LogP contribution in [0.15, 0.2) is 24.3 Å². The fraction of sp³-hybridized carbons (Fsp3) is 0.650. The van der Waals surface area contributed by atoms with Gasteiger partial charge in [0.15, 0.2) is 0 Å². The molecule has 146 valence electrons. The molecule has 0 radical (unpaired) electrons. The highest BCUT2D eigenvalue weighted by Gasteiger charge is 2.47. The van der Waals surface area contributed by atoms with Crippen LogP contribution in [0, 0.1) is 5.62 Å². The zero-order valence-electron chi connectivity index (χ0n) is 15.0. The first-order chi connectivity index (χ1) is 12.5. The fourth-order valence-electron chi connectivity index (χ4n) is 4.86. The average molecular weight is 407 g/mol. The summed E-state index contributed by atoms with van der Waals surface area (Å²) in [6.45, 7) is 0. The zero-order chi connectivity index (χ0) is 18.6. The largest absolute Gasteiger partial charge is 0.573 e. The molecule has 1 aromatic rings. The highest BCUT2D eigenvalue weighted by Crippen LogP contribution is 2.74. The normalized spacial score (nSPS) is 20.9. The minimum atomic E-state index is -4.65. The van der Waals surface area contributed by atoms with Gasteiger partial charge in [0.1, 0.15) is 5.75 Å². The van der Waals surface area contributed by atoms with Crippen molar-refractivity contribution in [2.45, 2.75) is 81.9 Å². The predicted octanol–water partition coefficient (Wildman–Crippen LogP) is 7.25. The quantitative estimate of drug-likeness (QED) is 0.369. The molecular formula is C20H27ClF3OP. The van der Waals surface area contributed by atoms with Gasteiger partial charge in [-0.05, 0) is 75.6 Å². The van der Waals surface area contributed by atoms with Crippen LogP contribution in [0.1, 0.15) is 64.2 Å². The summed E-state index contributed by atoms with van der Waals surface area (Å²) in [7, 11) is -1.75. The third-order valence-corrected chi connectivity index (χ3v) is 12.0. The van der Waals surface area contributed by atoms with Crippen molar-refractivity contribution >= 4 is 24.2 Å². The van der Waals surface area contributed by atoms with E-state index in [1.54, 1.807) is 0 Å². The average Bonchev–Trinajstić information content (AvgIpc) is 2.65. The minimum absolute atomic E-state index is 0.152. The number of alkyl halides is 3. The maximum Gasteiger partial charge on any atom is 0.573 e. The molecule has 0 amide bonds. The van der Waals surface area contributed by atoms with Crippen LogP contribution in [0.2, 0.25) is 0 Å². The summed E-state index contributed by atoms with van der Waals surface area (Å²) in [4.78, 5) is 0. The maximum atomic E-state index is 12.5. The van der Waals surface area contributed by atoms with Crippen molar-refractivity contribution in [3.05, 3.63) is 29.9 Å². The fourth-order valence-corrected chi connectivity index (χ4v) is 11.1. The molecule has 2 saturated carbocycles. The molecule has 2 aliphatic carbocycles. The molecule has 1 nitrogen and oxygen atoms in total. The number of halogens is 4. The molecule has 2 fully saturated rings. The molecule has 1 aromatic carbocycles. The highest BCUT2D eigenvalue weighted by molar-refractivity contribution is 7.87. The van der Waals surface area contributed by atoms with Gasteiger partial charge in [-0.15, -0.1) is 13.2 Å². The summed E-state index contributed by atoms with van der Waals surface area (Å²) in [5.74, 6) is -0.152. The van der Waals surface area contributed by atoms with Gasteiger partial charge in [-0.1, -0.05) is 25.7 Å². The topological polar surface area (TPSA) is 9.23 Å². The van der Waals surface area contributed by atoms with Crippen LogP contribution in [0.3, 0.4) is 0 Å². The van der Waals surface area contributed by atoms with Gasteiger partial charge >= 0.3 is 6.36 Å². The molecular weight excluding hydrogens is 380 g/mol. The van der Waals surface area contributed by atoms with E-state index in [4.69, 9.17) is 11.6 Å². The number of benzene rings is 1. The Kier molecular flexibility index (Phi) is 6.78. The van der Waals surface area contributed by atoms with E-state index in [1.807, 2.05) is 17.8 Å². The lowest BCUT2D eigenvalue weighted by molar-refractivity contribution is -0.274. The Balaban J connectivity index is 1.93. The van der Waals surface area contributed by atoms with Crippen LogP contribution < -0.4 is 10.0 Å². The second-order valence-corrected chi connectivity index (χ2v) is 12.0. The van der Waals surface area contributed by atoms with Crippen LogP contribution in [0.4, 0.5) is 13.2 Å². The molecule has 0 aliphatic heterocycles. The summed E-state index contributed by atoms with van der Waals surface area (Å²) >= 11 is 6.58. The van der Waals surface area contributed by atoms with Crippen molar-refractivity contribution in [1.82, 2.24) is 0 Å². The lowest BCUT2D eigenvalue weighted by atomic mass is 9.99. The van der Waals surface area contributed by atoms with E-state index < -0.39 is 13.6 Å².